The molecule has 2 rings (SSSR count). The van der Waals surface area contributed by atoms with Crippen molar-refractivity contribution in [2.24, 2.45) is 5.10 Å². The van der Waals surface area contributed by atoms with E-state index in [1.807, 2.05) is 0 Å². The van der Waals surface area contributed by atoms with Crippen LogP contribution in [0.2, 0.25) is 0 Å². The van der Waals surface area contributed by atoms with Gasteiger partial charge in [0.1, 0.15) is 5.54 Å². The summed E-state index contributed by atoms with van der Waals surface area (Å²) in [5, 5.41) is 17.7. The van der Waals surface area contributed by atoms with Gasteiger partial charge in [-0.25, -0.2) is 4.79 Å². The Bertz CT molecular complexity index is 626. The molecule has 0 spiro atoms. The number of nitro benzene ring substituents is 1. The van der Waals surface area contributed by atoms with Crippen molar-refractivity contribution < 1.29 is 14.5 Å². The molecule has 0 aliphatic carbocycles. The van der Waals surface area contributed by atoms with Crippen molar-refractivity contribution in [2.75, 3.05) is 0 Å². The fourth-order valence-electron chi connectivity index (χ4n) is 1.82. The first-order chi connectivity index (χ1) is 9.87. The first-order valence-corrected chi connectivity index (χ1v) is 6.32. The molecule has 1 aliphatic rings. The molecule has 1 fully saturated rings. The number of benzene rings is 1. The van der Waals surface area contributed by atoms with Crippen LogP contribution in [0.3, 0.4) is 0 Å². The Balaban J connectivity index is 2.16. The van der Waals surface area contributed by atoms with Crippen molar-refractivity contribution in [3.05, 3.63) is 39.9 Å². The van der Waals surface area contributed by atoms with Gasteiger partial charge in [-0.2, -0.15) is 5.10 Å². The predicted molar refractivity (Wildman–Crippen MR) is 74.8 cm³/mol. The molecular formula is C13H14N4O4. The Morgan fingerprint density at radius 1 is 1.38 bits per heavy atom. The highest BCUT2D eigenvalue weighted by Crippen LogP contribution is 2.21. The summed E-state index contributed by atoms with van der Waals surface area (Å²) < 4.78 is 0. The standard InChI is InChI=1S/C13H14N4O4/c1-3-13(2)11(18)16(12(19)15-13)14-8-9-4-6-10(7-5-9)17(20)21/h4-8H,3H2,1-2H3,(H,15,19). The molecule has 1 aromatic rings. The summed E-state index contributed by atoms with van der Waals surface area (Å²) >= 11 is 0. The fraction of sp³-hybridized carbons (Fsp3) is 0.308. The number of urea groups is 1. The maximum Gasteiger partial charge on any atom is 0.346 e. The van der Waals surface area contributed by atoms with Gasteiger partial charge in [-0.15, -0.1) is 5.01 Å². The Hall–Kier alpha value is -2.77. The van der Waals surface area contributed by atoms with Crippen molar-refractivity contribution in [3.63, 3.8) is 0 Å². The van der Waals surface area contributed by atoms with Crippen LogP contribution in [0.5, 0.6) is 0 Å². The number of amides is 3. The van der Waals surface area contributed by atoms with Gasteiger partial charge in [-0.05, 0) is 31.0 Å². The Morgan fingerprint density at radius 2 is 2.00 bits per heavy atom. The van der Waals surface area contributed by atoms with Gasteiger partial charge in [0.05, 0.1) is 11.1 Å². The summed E-state index contributed by atoms with van der Waals surface area (Å²) in [7, 11) is 0. The molecule has 1 atom stereocenters. The van der Waals surface area contributed by atoms with E-state index < -0.39 is 22.4 Å². The van der Waals surface area contributed by atoms with Crippen molar-refractivity contribution in [1.82, 2.24) is 10.3 Å². The largest absolute Gasteiger partial charge is 0.346 e. The van der Waals surface area contributed by atoms with Gasteiger partial charge in [0.15, 0.2) is 0 Å². The van der Waals surface area contributed by atoms with Gasteiger partial charge in [0.25, 0.3) is 11.6 Å². The molecule has 1 aromatic carbocycles. The number of nitrogens with one attached hydrogen (secondary N) is 1. The summed E-state index contributed by atoms with van der Waals surface area (Å²) in [5.74, 6) is -0.423. The maximum atomic E-state index is 12.1. The topological polar surface area (TPSA) is 105 Å². The molecule has 1 saturated heterocycles. The van der Waals surface area contributed by atoms with Crippen molar-refractivity contribution in [3.8, 4) is 0 Å². The van der Waals surface area contributed by atoms with Crippen molar-refractivity contribution >= 4 is 23.8 Å². The van der Waals surface area contributed by atoms with Gasteiger partial charge in [0.2, 0.25) is 0 Å². The fourth-order valence-corrected chi connectivity index (χ4v) is 1.82. The lowest BCUT2D eigenvalue weighted by Crippen LogP contribution is -2.42. The Kier molecular flexibility index (Phi) is 3.70. The second-order valence-corrected chi connectivity index (χ2v) is 4.83. The second-order valence-electron chi connectivity index (χ2n) is 4.83. The number of rotatable bonds is 4. The molecule has 1 N–H and O–H groups in total. The minimum atomic E-state index is -0.941. The number of nitrogens with zero attached hydrogens (tertiary/aromatic N) is 3. The van der Waals surface area contributed by atoms with E-state index >= 15 is 0 Å². The van der Waals surface area contributed by atoms with E-state index in [1.54, 1.807) is 13.8 Å². The monoisotopic (exact) mass is 290 g/mol. The minimum absolute atomic E-state index is 0.0410. The number of hydrogen-bond acceptors (Lipinski definition) is 5. The summed E-state index contributed by atoms with van der Waals surface area (Å²) in [6.45, 7) is 3.43. The van der Waals surface area contributed by atoms with Gasteiger partial charge in [0, 0.05) is 12.1 Å². The van der Waals surface area contributed by atoms with Crippen LogP contribution in [0.25, 0.3) is 0 Å². The van der Waals surface area contributed by atoms with Crippen LogP contribution in [-0.2, 0) is 4.79 Å². The van der Waals surface area contributed by atoms with Gasteiger partial charge >= 0.3 is 6.03 Å². The van der Waals surface area contributed by atoms with E-state index in [0.29, 0.717) is 12.0 Å². The van der Waals surface area contributed by atoms with Crippen molar-refractivity contribution in [2.45, 2.75) is 25.8 Å². The molecule has 3 amide bonds. The molecule has 0 radical (unpaired) electrons. The first-order valence-electron chi connectivity index (χ1n) is 6.32. The second kappa shape index (κ2) is 5.31. The van der Waals surface area contributed by atoms with E-state index in [4.69, 9.17) is 0 Å². The summed E-state index contributed by atoms with van der Waals surface area (Å²) in [6.07, 6.45) is 1.77. The maximum absolute atomic E-state index is 12.1. The molecule has 8 nitrogen and oxygen atoms in total. The molecule has 8 heteroatoms. The molecule has 0 aromatic heterocycles. The highest BCUT2D eigenvalue weighted by molar-refractivity contribution is 6.07. The minimum Gasteiger partial charge on any atom is -0.322 e. The zero-order valence-electron chi connectivity index (χ0n) is 11.6. The molecule has 0 bridgehead atoms. The smallest absolute Gasteiger partial charge is 0.322 e. The highest BCUT2D eigenvalue weighted by Gasteiger charge is 2.46. The molecule has 1 aliphatic heterocycles. The first kappa shape index (κ1) is 14.6. The number of hydrogen-bond donors (Lipinski definition) is 1. The average Bonchev–Trinajstić information content (AvgIpc) is 2.68. The van der Waals surface area contributed by atoms with Crippen LogP contribution in [0.1, 0.15) is 25.8 Å². The number of nitro groups is 1. The van der Waals surface area contributed by atoms with Gasteiger partial charge < -0.3 is 5.32 Å². The molecule has 110 valence electrons. The molecular weight excluding hydrogens is 276 g/mol. The Morgan fingerprint density at radius 3 is 2.48 bits per heavy atom. The van der Waals surface area contributed by atoms with Crippen LogP contribution in [0.4, 0.5) is 10.5 Å². The number of carbonyl (C=O) groups excluding carboxylic acids is 2. The van der Waals surface area contributed by atoms with Gasteiger partial charge in [-0.1, -0.05) is 6.92 Å². The van der Waals surface area contributed by atoms with Crippen LogP contribution >= 0.6 is 0 Å². The lowest BCUT2D eigenvalue weighted by molar-refractivity contribution is -0.384. The van der Waals surface area contributed by atoms with E-state index in [1.165, 1.54) is 30.5 Å². The summed E-state index contributed by atoms with van der Waals surface area (Å²) in [4.78, 5) is 33.8. The lowest BCUT2D eigenvalue weighted by atomic mass is 10.00. The third-order valence-corrected chi connectivity index (χ3v) is 3.37. The molecule has 21 heavy (non-hydrogen) atoms. The number of non-ortho nitro benzene ring substituents is 1. The predicted octanol–water partition coefficient (Wildman–Crippen LogP) is 1.65. The number of hydrazone groups is 1. The number of imide groups is 1. The molecule has 1 heterocycles. The summed E-state index contributed by atoms with van der Waals surface area (Å²) in [6, 6.07) is 5.04. The van der Waals surface area contributed by atoms with E-state index in [9.17, 15) is 19.7 Å². The summed E-state index contributed by atoms with van der Waals surface area (Å²) in [5.41, 5.74) is -0.434. The average molecular weight is 290 g/mol. The Labute approximate surface area is 120 Å². The zero-order chi connectivity index (χ0) is 15.6. The van der Waals surface area contributed by atoms with Gasteiger partial charge in [-0.3, -0.25) is 14.9 Å². The van der Waals surface area contributed by atoms with Crippen LogP contribution in [0.15, 0.2) is 29.4 Å². The van der Waals surface area contributed by atoms with Crippen LogP contribution in [0, 0.1) is 10.1 Å². The van der Waals surface area contributed by atoms with Crippen molar-refractivity contribution in [1.29, 1.82) is 0 Å². The highest BCUT2D eigenvalue weighted by atomic mass is 16.6. The lowest BCUT2D eigenvalue weighted by Gasteiger charge is -2.17. The van der Waals surface area contributed by atoms with E-state index in [0.717, 1.165) is 5.01 Å². The molecule has 0 saturated carbocycles. The normalized spacial score (nSPS) is 21.9. The third kappa shape index (κ3) is 2.73. The van der Waals surface area contributed by atoms with Crippen LogP contribution < -0.4 is 5.32 Å². The zero-order valence-corrected chi connectivity index (χ0v) is 11.6. The third-order valence-electron chi connectivity index (χ3n) is 3.37. The van der Waals surface area contributed by atoms with Crippen LogP contribution in [-0.4, -0.2) is 33.6 Å². The number of carbonyl (C=O) groups is 2. The quantitative estimate of drug-likeness (QED) is 0.394. The van der Waals surface area contributed by atoms with E-state index in [2.05, 4.69) is 10.4 Å². The molecule has 1 unspecified atom stereocenters. The SMILES string of the molecule is CCC1(C)NC(=O)N(N=Cc2ccc([N+](=O)[O-])cc2)C1=O. The van der Waals surface area contributed by atoms with E-state index in [-0.39, 0.29) is 5.69 Å².